The Balaban J connectivity index is 1.17. The van der Waals surface area contributed by atoms with Gasteiger partial charge in [0.1, 0.15) is 5.82 Å². The van der Waals surface area contributed by atoms with E-state index in [9.17, 15) is 9.18 Å². The van der Waals surface area contributed by atoms with Gasteiger partial charge in [-0.3, -0.25) is 4.98 Å². The zero-order valence-electron chi connectivity index (χ0n) is 17.3. The highest BCUT2D eigenvalue weighted by atomic mass is 32.2. The molecule has 0 radical (unpaired) electrons. The highest BCUT2D eigenvalue weighted by Gasteiger charge is 2.23. The molecule has 2 N–H and O–H groups in total. The Morgan fingerprint density at radius 1 is 1.17 bits per heavy atom. The number of aromatic amines is 1. The number of thioether (sulfide) groups is 1. The number of benzene rings is 2. The molecule has 30 heavy (non-hydrogen) atoms. The van der Waals surface area contributed by atoms with E-state index in [1.165, 1.54) is 30.5 Å². The number of H-pyrrole nitrogens is 1. The van der Waals surface area contributed by atoms with E-state index in [4.69, 9.17) is 4.42 Å². The van der Waals surface area contributed by atoms with Crippen LogP contribution in [0.2, 0.25) is 0 Å². The molecule has 0 bridgehead atoms. The standard InChI is InChI=1S/C24H29FN2O2S/c1-16(3-2-14-30-21-11-7-19(25)8-12-21)26-20-9-4-17(5-10-20)18-6-13-22-23(15-18)29-24(28)27-22/h6-8,11-13,15-17,20,26H,2-5,9-10,14H2,1H3,(H,27,28)/t16-,17-,20-/m0/s1. The molecule has 2 aromatic carbocycles. The van der Waals surface area contributed by atoms with Gasteiger partial charge < -0.3 is 9.73 Å². The summed E-state index contributed by atoms with van der Waals surface area (Å²) in [5.41, 5.74) is 2.70. The summed E-state index contributed by atoms with van der Waals surface area (Å²) in [5.74, 6) is 1.03. The van der Waals surface area contributed by atoms with E-state index < -0.39 is 0 Å². The summed E-state index contributed by atoms with van der Waals surface area (Å²) in [6.07, 6.45) is 6.96. The largest absolute Gasteiger partial charge is 0.417 e. The molecular weight excluding hydrogens is 399 g/mol. The second-order valence-electron chi connectivity index (χ2n) is 8.33. The van der Waals surface area contributed by atoms with Crippen LogP contribution < -0.4 is 11.1 Å². The van der Waals surface area contributed by atoms with Gasteiger partial charge in [0, 0.05) is 17.0 Å². The van der Waals surface area contributed by atoms with E-state index in [-0.39, 0.29) is 11.6 Å². The van der Waals surface area contributed by atoms with Gasteiger partial charge >= 0.3 is 5.76 Å². The van der Waals surface area contributed by atoms with Crippen LogP contribution in [0, 0.1) is 5.82 Å². The van der Waals surface area contributed by atoms with Crippen molar-refractivity contribution in [2.24, 2.45) is 0 Å². The lowest BCUT2D eigenvalue weighted by Gasteiger charge is -2.31. The Bertz CT molecular complexity index is 1010. The smallest absolute Gasteiger partial charge is 0.408 e. The number of halogens is 1. The van der Waals surface area contributed by atoms with Gasteiger partial charge in [-0.2, -0.15) is 0 Å². The molecule has 1 aliphatic carbocycles. The number of rotatable bonds is 8. The van der Waals surface area contributed by atoms with Gasteiger partial charge in [-0.1, -0.05) is 6.07 Å². The molecule has 160 valence electrons. The van der Waals surface area contributed by atoms with Crippen LogP contribution in [0.4, 0.5) is 4.39 Å². The number of oxazole rings is 1. The maximum Gasteiger partial charge on any atom is 0.417 e. The molecule has 0 aliphatic heterocycles. The highest BCUT2D eigenvalue weighted by Crippen LogP contribution is 2.34. The molecule has 6 heteroatoms. The number of hydrogen-bond donors (Lipinski definition) is 2. The number of nitrogens with one attached hydrogen (secondary N) is 2. The van der Waals surface area contributed by atoms with Crippen molar-refractivity contribution in [1.82, 2.24) is 10.3 Å². The Kier molecular flexibility index (Phi) is 6.95. The molecule has 1 atom stereocenters. The minimum Gasteiger partial charge on any atom is -0.408 e. The van der Waals surface area contributed by atoms with Crippen molar-refractivity contribution in [1.29, 1.82) is 0 Å². The van der Waals surface area contributed by atoms with Crippen LogP contribution in [-0.4, -0.2) is 22.8 Å². The molecule has 1 saturated carbocycles. The Morgan fingerprint density at radius 2 is 1.93 bits per heavy atom. The van der Waals surface area contributed by atoms with Crippen LogP contribution in [0.3, 0.4) is 0 Å². The van der Waals surface area contributed by atoms with Crippen molar-refractivity contribution < 1.29 is 8.81 Å². The summed E-state index contributed by atoms with van der Waals surface area (Å²) in [5, 5.41) is 3.81. The highest BCUT2D eigenvalue weighted by molar-refractivity contribution is 7.99. The summed E-state index contributed by atoms with van der Waals surface area (Å²) < 4.78 is 18.2. The minimum atomic E-state index is -0.389. The van der Waals surface area contributed by atoms with Gasteiger partial charge in [0.15, 0.2) is 5.58 Å². The molecule has 0 spiro atoms. The molecule has 4 nitrogen and oxygen atoms in total. The zero-order valence-corrected chi connectivity index (χ0v) is 18.1. The summed E-state index contributed by atoms with van der Waals surface area (Å²) in [6.45, 7) is 2.27. The first-order valence-corrected chi connectivity index (χ1v) is 11.8. The fourth-order valence-corrected chi connectivity index (χ4v) is 5.28. The van der Waals surface area contributed by atoms with Crippen LogP contribution in [0.1, 0.15) is 56.9 Å². The van der Waals surface area contributed by atoms with Crippen LogP contribution >= 0.6 is 11.8 Å². The van der Waals surface area contributed by atoms with Crippen molar-refractivity contribution in [2.45, 2.75) is 68.3 Å². The summed E-state index contributed by atoms with van der Waals surface area (Å²) in [4.78, 5) is 15.2. The third kappa shape index (κ3) is 5.55. The van der Waals surface area contributed by atoms with Gasteiger partial charge in [0.2, 0.25) is 0 Å². The van der Waals surface area contributed by atoms with Gasteiger partial charge in [-0.15, -0.1) is 11.8 Å². The van der Waals surface area contributed by atoms with E-state index in [0.717, 1.165) is 41.8 Å². The lowest BCUT2D eigenvalue weighted by Crippen LogP contribution is -2.38. The summed E-state index contributed by atoms with van der Waals surface area (Å²) in [7, 11) is 0. The topological polar surface area (TPSA) is 58.0 Å². The predicted molar refractivity (Wildman–Crippen MR) is 121 cm³/mol. The van der Waals surface area contributed by atoms with Crippen LogP contribution in [0.25, 0.3) is 11.1 Å². The molecule has 1 heterocycles. The molecular formula is C24H29FN2O2S. The maximum absolute atomic E-state index is 13.0. The Morgan fingerprint density at radius 3 is 2.70 bits per heavy atom. The van der Waals surface area contributed by atoms with Crippen molar-refractivity contribution in [3.63, 3.8) is 0 Å². The van der Waals surface area contributed by atoms with Crippen molar-refractivity contribution >= 4 is 22.9 Å². The molecule has 1 aromatic heterocycles. The van der Waals surface area contributed by atoms with Crippen molar-refractivity contribution in [2.75, 3.05) is 5.75 Å². The van der Waals surface area contributed by atoms with Gasteiger partial charge in [0.05, 0.1) is 5.52 Å². The quantitative estimate of drug-likeness (QED) is 0.350. The molecule has 1 fully saturated rings. The lowest BCUT2D eigenvalue weighted by atomic mass is 9.81. The van der Waals surface area contributed by atoms with E-state index in [1.54, 1.807) is 11.8 Å². The number of fused-ring (bicyclic) bond motifs is 1. The van der Waals surface area contributed by atoms with Gasteiger partial charge in [0.25, 0.3) is 0 Å². The molecule has 1 aliphatic rings. The third-order valence-electron chi connectivity index (χ3n) is 6.03. The number of aromatic nitrogens is 1. The van der Waals surface area contributed by atoms with Crippen molar-refractivity contribution in [3.8, 4) is 0 Å². The average molecular weight is 429 g/mol. The molecule has 3 aromatic rings. The van der Waals surface area contributed by atoms with Crippen LogP contribution in [0.15, 0.2) is 56.6 Å². The normalized spacial score (nSPS) is 20.5. The Hall–Kier alpha value is -2.05. The first-order chi connectivity index (χ1) is 14.6. The van der Waals surface area contributed by atoms with E-state index >= 15 is 0 Å². The van der Waals surface area contributed by atoms with Gasteiger partial charge in [-0.25, -0.2) is 9.18 Å². The van der Waals surface area contributed by atoms with E-state index in [2.05, 4.69) is 23.3 Å². The third-order valence-corrected chi connectivity index (χ3v) is 7.13. The van der Waals surface area contributed by atoms with E-state index in [1.807, 2.05) is 24.3 Å². The zero-order chi connectivity index (χ0) is 20.9. The average Bonchev–Trinajstić information content (AvgIpc) is 3.12. The second kappa shape index (κ2) is 9.84. The lowest BCUT2D eigenvalue weighted by molar-refractivity contribution is 0.314. The molecule has 0 saturated heterocycles. The molecule has 0 amide bonds. The van der Waals surface area contributed by atoms with Crippen molar-refractivity contribution in [3.05, 3.63) is 64.4 Å². The van der Waals surface area contributed by atoms with Gasteiger partial charge in [-0.05, 0) is 99.1 Å². The fraction of sp³-hybridized carbons (Fsp3) is 0.458. The summed E-state index contributed by atoms with van der Waals surface area (Å²) in [6, 6.07) is 13.9. The second-order valence-corrected chi connectivity index (χ2v) is 9.50. The van der Waals surface area contributed by atoms with Crippen LogP contribution in [0.5, 0.6) is 0 Å². The number of hydrogen-bond acceptors (Lipinski definition) is 4. The minimum absolute atomic E-state index is 0.177. The SMILES string of the molecule is C[C@@H](CCCSc1ccc(F)cc1)N[C@H]1CC[C@H](c2ccc3[nH]c(=O)oc3c2)CC1. The van der Waals surface area contributed by atoms with E-state index in [0.29, 0.717) is 23.6 Å². The maximum atomic E-state index is 13.0. The Labute approximate surface area is 180 Å². The monoisotopic (exact) mass is 428 g/mol. The molecule has 4 rings (SSSR count). The fourth-order valence-electron chi connectivity index (χ4n) is 4.41. The summed E-state index contributed by atoms with van der Waals surface area (Å²) >= 11 is 1.79. The first kappa shape index (κ1) is 21.2. The predicted octanol–water partition coefficient (Wildman–Crippen LogP) is 5.84. The first-order valence-electron chi connectivity index (χ1n) is 10.8. The van der Waals surface area contributed by atoms with Crippen LogP contribution in [-0.2, 0) is 0 Å². The molecule has 0 unspecified atom stereocenters.